The molecule has 0 bridgehead atoms. The highest BCUT2D eigenvalue weighted by Crippen LogP contribution is 2.35. The molecule has 1 atom stereocenters. The van der Waals surface area contributed by atoms with Crippen molar-refractivity contribution in [3.05, 3.63) is 17.0 Å². The Kier molecular flexibility index (Phi) is 3.20. The summed E-state index contributed by atoms with van der Waals surface area (Å²) in [4.78, 5) is 10.5. The summed E-state index contributed by atoms with van der Waals surface area (Å²) in [6, 6.07) is 0. The number of hydrogen-bond acceptors (Lipinski definition) is 2. The molecule has 0 aliphatic rings. The maximum atomic E-state index is 13.2. The molecule has 2 N–H and O–H groups in total. The van der Waals surface area contributed by atoms with Crippen LogP contribution in [0, 0.1) is 6.92 Å². The van der Waals surface area contributed by atoms with Gasteiger partial charge in [0.05, 0.1) is 0 Å². The normalized spacial score (nSPS) is 13.8. The van der Waals surface area contributed by atoms with Crippen LogP contribution in [0.4, 0.5) is 17.6 Å². The molecule has 0 saturated heterocycles. The van der Waals surface area contributed by atoms with Gasteiger partial charge in [-0.2, -0.15) is 13.9 Å². The van der Waals surface area contributed by atoms with Crippen LogP contribution < -0.4 is 0 Å². The fourth-order valence-corrected chi connectivity index (χ4v) is 1.18. The number of nitrogens with zero attached hydrogens (tertiary/aromatic N) is 1. The second-order valence-corrected chi connectivity index (χ2v) is 3.12. The zero-order chi connectivity index (χ0) is 12.5. The van der Waals surface area contributed by atoms with E-state index in [1.165, 1.54) is 0 Å². The van der Waals surface area contributed by atoms with E-state index < -0.39 is 41.7 Å². The molecule has 0 saturated carbocycles. The summed E-state index contributed by atoms with van der Waals surface area (Å²) in [6.45, 7) is -0.831. The van der Waals surface area contributed by atoms with Crippen LogP contribution in [-0.4, -0.2) is 34.1 Å². The molecule has 8 heteroatoms. The molecular weight excluding hydrogens is 232 g/mol. The number of hydrogen-bond donors (Lipinski definition) is 2. The van der Waals surface area contributed by atoms with Gasteiger partial charge in [0.1, 0.15) is 18.1 Å². The average molecular weight is 240 g/mol. The highest BCUT2D eigenvalue weighted by atomic mass is 19.3. The summed E-state index contributed by atoms with van der Waals surface area (Å²) in [7, 11) is 0. The van der Waals surface area contributed by atoms with Crippen LogP contribution in [0.15, 0.2) is 0 Å². The summed E-state index contributed by atoms with van der Waals surface area (Å²) in [5, 5.41) is 13.4. The molecule has 1 aromatic rings. The van der Waals surface area contributed by atoms with E-state index in [1.54, 1.807) is 0 Å². The lowest BCUT2D eigenvalue weighted by Gasteiger charge is -2.16. The third kappa shape index (κ3) is 1.86. The Hall–Kier alpha value is -1.60. The third-order valence-corrected chi connectivity index (χ3v) is 2.07. The lowest BCUT2D eigenvalue weighted by Crippen LogP contribution is -2.30. The predicted octanol–water partition coefficient (Wildman–Crippen LogP) is 1.82. The smallest absolute Gasteiger partial charge is 0.354 e. The van der Waals surface area contributed by atoms with E-state index in [1.807, 2.05) is 5.10 Å². The molecule has 0 aliphatic heterocycles. The zero-order valence-corrected chi connectivity index (χ0v) is 8.10. The van der Waals surface area contributed by atoms with Crippen molar-refractivity contribution in [2.24, 2.45) is 0 Å². The van der Waals surface area contributed by atoms with Crippen LogP contribution in [-0.2, 0) is 5.92 Å². The molecule has 0 spiro atoms. The van der Waals surface area contributed by atoms with E-state index in [0.29, 0.717) is 0 Å². The number of H-pyrrole nitrogens is 1. The number of rotatable bonds is 4. The number of alkyl halides is 4. The minimum absolute atomic E-state index is 0.409. The van der Waals surface area contributed by atoms with E-state index in [-0.39, 0.29) is 0 Å². The molecule has 1 unspecified atom stereocenters. The molecular formula is C8H8F4N2O2. The van der Waals surface area contributed by atoms with Crippen molar-refractivity contribution in [1.29, 1.82) is 0 Å². The fourth-order valence-electron chi connectivity index (χ4n) is 1.18. The largest absolute Gasteiger partial charge is 0.477 e. The van der Waals surface area contributed by atoms with Crippen LogP contribution in [0.3, 0.4) is 0 Å². The predicted molar refractivity (Wildman–Crippen MR) is 45.0 cm³/mol. The van der Waals surface area contributed by atoms with Gasteiger partial charge in [-0.15, -0.1) is 0 Å². The van der Waals surface area contributed by atoms with E-state index in [4.69, 9.17) is 5.11 Å². The minimum atomic E-state index is -4.15. The summed E-state index contributed by atoms with van der Waals surface area (Å²) in [6.07, 6.45) is -3.05. The molecule has 90 valence electrons. The number of carboxylic acid groups (broad SMARTS) is 1. The zero-order valence-electron chi connectivity index (χ0n) is 8.10. The van der Waals surface area contributed by atoms with Gasteiger partial charge in [-0.1, -0.05) is 0 Å². The Bertz CT molecular complexity index is 405. The van der Waals surface area contributed by atoms with E-state index in [9.17, 15) is 22.4 Å². The van der Waals surface area contributed by atoms with Crippen LogP contribution in [0.1, 0.15) is 21.7 Å². The molecule has 16 heavy (non-hydrogen) atoms. The van der Waals surface area contributed by atoms with Gasteiger partial charge >= 0.3 is 11.9 Å². The van der Waals surface area contributed by atoms with Gasteiger partial charge in [0.2, 0.25) is 0 Å². The molecule has 1 aromatic heterocycles. The number of carboxylic acids is 1. The molecule has 4 nitrogen and oxygen atoms in total. The van der Waals surface area contributed by atoms with E-state index >= 15 is 0 Å². The molecule has 0 radical (unpaired) electrons. The Balaban J connectivity index is 3.19. The summed E-state index contributed by atoms with van der Waals surface area (Å²) >= 11 is 0. The maximum absolute atomic E-state index is 13.2. The Morgan fingerprint density at radius 3 is 2.56 bits per heavy atom. The van der Waals surface area contributed by atoms with Gasteiger partial charge in [0.15, 0.2) is 6.17 Å². The lowest BCUT2D eigenvalue weighted by molar-refractivity contribution is -0.0895. The first-order valence-electron chi connectivity index (χ1n) is 4.19. The first-order valence-corrected chi connectivity index (χ1v) is 4.19. The fraction of sp³-hybridized carbons (Fsp3) is 0.500. The van der Waals surface area contributed by atoms with Crippen molar-refractivity contribution in [2.45, 2.75) is 19.0 Å². The van der Waals surface area contributed by atoms with Gasteiger partial charge in [-0.3, -0.25) is 5.10 Å². The van der Waals surface area contributed by atoms with E-state index in [2.05, 4.69) is 5.10 Å². The number of carbonyl (C=O) groups is 1. The van der Waals surface area contributed by atoms with Crippen molar-refractivity contribution < 1.29 is 27.5 Å². The maximum Gasteiger partial charge on any atom is 0.354 e. The summed E-state index contributed by atoms with van der Waals surface area (Å²) in [5.74, 6) is -5.65. The van der Waals surface area contributed by atoms with Gasteiger partial charge in [0.25, 0.3) is 0 Å². The molecule has 1 rings (SSSR count). The molecule has 0 fully saturated rings. The Morgan fingerprint density at radius 1 is 1.62 bits per heavy atom. The summed E-state index contributed by atoms with van der Waals surface area (Å²) < 4.78 is 50.9. The van der Waals surface area contributed by atoms with Crippen LogP contribution in [0.25, 0.3) is 0 Å². The van der Waals surface area contributed by atoms with Gasteiger partial charge in [-0.25, -0.2) is 13.6 Å². The summed E-state index contributed by atoms with van der Waals surface area (Å²) in [5.41, 5.74) is -2.07. The molecule has 0 aromatic carbocycles. The van der Waals surface area contributed by atoms with Crippen molar-refractivity contribution in [3.63, 3.8) is 0 Å². The molecule has 1 heterocycles. The SMILES string of the molecule is Cc1c(C(F)(F)C(F)CF)n[nH]c1C(=O)O. The third-order valence-electron chi connectivity index (χ3n) is 2.07. The second kappa shape index (κ2) is 4.11. The van der Waals surface area contributed by atoms with Crippen molar-refractivity contribution in [3.8, 4) is 0 Å². The number of nitrogens with one attached hydrogen (secondary N) is 1. The minimum Gasteiger partial charge on any atom is -0.477 e. The number of aromatic amines is 1. The second-order valence-electron chi connectivity index (χ2n) is 3.12. The van der Waals surface area contributed by atoms with E-state index in [0.717, 1.165) is 6.92 Å². The monoisotopic (exact) mass is 240 g/mol. The Morgan fingerprint density at radius 2 is 2.19 bits per heavy atom. The average Bonchev–Trinajstić information content (AvgIpc) is 2.59. The van der Waals surface area contributed by atoms with Crippen LogP contribution >= 0.6 is 0 Å². The van der Waals surface area contributed by atoms with Crippen LogP contribution in [0.2, 0.25) is 0 Å². The number of halogens is 4. The molecule has 0 amide bonds. The Labute approximate surface area is 87.3 Å². The van der Waals surface area contributed by atoms with Gasteiger partial charge in [0, 0.05) is 5.56 Å². The quantitative estimate of drug-likeness (QED) is 0.789. The highest BCUT2D eigenvalue weighted by molar-refractivity contribution is 5.87. The van der Waals surface area contributed by atoms with Crippen LogP contribution in [0.5, 0.6) is 0 Å². The van der Waals surface area contributed by atoms with Crippen molar-refractivity contribution in [1.82, 2.24) is 10.2 Å². The van der Waals surface area contributed by atoms with Crippen molar-refractivity contribution in [2.75, 3.05) is 6.67 Å². The standard InChI is InChI=1S/C8H8F4N2O2/c1-3-5(7(15)16)13-14-6(3)8(11,12)4(10)2-9/h4H,2H2,1H3,(H,13,14)(H,15,16). The van der Waals surface area contributed by atoms with Crippen molar-refractivity contribution >= 4 is 5.97 Å². The lowest BCUT2D eigenvalue weighted by atomic mass is 10.1. The van der Waals surface area contributed by atoms with Gasteiger partial charge in [-0.05, 0) is 6.92 Å². The number of aromatic nitrogens is 2. The first-order chi connectivity index (χ1) is 7.32. The topological polar surface area (TPSA) is 66.0 Å². The highest BCUT2D eigenvalue weighted by Gasteiger charge is 2.46. The first kappa shape index (κ1) is 12.5. The molecule has 0 aliphatic carbocycles. The van der Waals surface area contributed by atoms with Gasteiger partial charge < -0.3 is 5.11 Å². The number of aromatic carboxylic acids is 1.